The second kappa shape index (κ2) is 12.8. The smallest absolute Gasteiger partial charge is 0.410 e. The average Bonchev–Trinajstić information content (AvgIpc) is 3.69. The monoisotopic (exact) mass is 577 g/mol. The lowest BCUT2D eigenvalue weighted by atomic mass is 10.0. The fourth-order valence-electron chi connectivity index (χ4n) is 5.95. The molecule has 2 saturated heterocycles. The van der Waals surface area contributed by atoms with Crippen LogP contribution in [0.1, 0.15) is 75.2 Å². The van der Waals surface area contributed by atoms with Crippen LogP contribution < -0.4 is 0 Å². The molecule has 42 heavy (non-hydrogen) atoms. The lowest BCUT2D eigenvalue weighted by Crippen LogP contribution is -2.50. The van der Waals surface area contributed by atoms with Crippen LogP contribution in [0.2, 0.25) is 0 Å². The third-order valence-corrected chi connectivity index (χ3v) is 8.21. The molecule has 1 aliphatic carbocycles. The number of rotatable bonds is 8. The van der Waals surface area contributed by atoms with Gasteiger partial charge < -0.3 is 24.2 Å². The van der Waals surface area contributed by atoms with Crippen molar-refractivity contribution in [3.05, 3.63) is 47.8 Å². The molecule has 1 aromatic heterocycles. The summed E-state index contributed by atoms with van der Waals surface area (Å²) in [4.78, 5) is 53.6. The molecule has 10 nitrogen and oxygen atoms in total. The first-order valence-electron chi connectivity index (χ1n) is 15.1. The molecule has 3 heterocycles. The summed E-state index contributed by atoms with van der Waals surface area (Å²) in [6.45, 7) is 8.09. The van der Waals surface area contributed by atoms with E-state index in [4.69, 9.17) is 9.47 Å². The van der Waals surface area contributed by atoms with Crippen molar-refractivity contribution in [1.29, 1.82) is 0 Å². The van der Waals surface area contributed by atoms with Crippen molar-refractivity contribution in [2.45, 2.75) is 89.4 Å². The number of ether oxygens (including phenoxy) is 2. The summed E-state index contributed by atoms with van der Waals surface area (Å²) in [5, 5.41) is 0. The number of piperidine rings is 1. The van der Waals surface area contributed by atoms with Gasteiger partial charge >= 0.3 is 6.09 Å². The first kappa shape index (κ1) is 29.9. The predicted octanol–water partition coefficient (Wildman–Crippen LogP) is 4.33. The van der Waals surface area contributed by atoms with Crippen LogP contribution in [0.25, 0.3) is 11.4 Å². The Bertz CT molecular complexity index is 1250. The molecule has 1 saturated carbocycles. The normalized spacial score (nSPS) is 19.6. The first-order chi connectivity index (χ1) is 20.1. The number of carbonyl (C=O) groups excluding carboxylic acids is 3. The number of aromatic nitrogens is 2. The zero-order chi connectivity index (χ0) is 29.9. The highest BCUT2D eigenvalue weighted by Crippen LogP contribution is 2.33. The third-order valence-electron chi connectivity index (χ3n) is 8.21. The second-order valence-corrected chi connectivity index (χ2v) is 12.6. The van der Waals surface area contributed by atoms with Crippen LogP contribution in [-0.4, -0.2) is 99.7 Å². The summed E-state index contributed by atoms with van der Waals surface area (Å²) < 4.78 is 10.8. The van der Waals surface area contributed by atoms with Gasteiger partial charge in [0.25, 0.3) is 5.91 Å². The summed E-state index contributed by atoms with van der Waals surface area (Å²) in [5.74, 6) is 0.604. The number of likely N-dealkylation sites (tertiary alicyclic amines) is 2. The minimum Gasteiger partial charge on any atom is -0.444 e. The molecular weight excluding hydrogens is 534 g/mol. The topological polar surface area (TPSA) is 105 Å². The van der Waals surface area contributed by atoms with Crippen LogP contribution >= 0.6 is 0 Å². The number of carbonyl (C=O) groups is 3. The second-order valence-electron chi connectivity index (χ2n) is 12.6. The maximum atomic E-state index is 13.6. The van der Waals surface area contributed by atoms with E-state index in [-0.39, 0.29) is 36.0 Å². The molecule has 0 unspecified atom stereocenters. The van der Waals surface area contributed by atoms with E-state index in [9.17, 15) is 14.4 Å². The molecule has 2 aliphatic heterocycles. The average molecular weight is 578 g/mol. The maximum absolute atomic E-state index is 13.6. The molecule has 0 spiro atoms. The summed E-state index contributed by atoms with van der Waals surface area (Å²) in [6, 6.07) is 8.19. The van der Waals surface area contributed by atoms with Crippen molar-refractivity contribution in [1.82, 2.24) is 24.7 Å². The van der Waals surface area contributed by atoms with E-state index in [0.29, 0.717) is 37.5 Å². The molecule has 3 aliphatic rings. The van der Waals surface area contributed by atoms with Crippen molar-refractivity contribution < 1.29 is 23.9 Å². The third kappa shape index (κ3) is 7.27. The van der Waals surface area contributed by atoms with Crippen LogP contribution in [0.3, 0.4) is 0 Å². The van der Waals surface area contributed by atoms with Crippen molar-refractivity contribution in [2.24, 2.45) is 0 Å². The van der Waals surface area contributed by atoms with Crippen molar-refractivity contribution in [3.63, 3.8) is 0 Å². The Morgan fingerprint density at radius 2 is 1.57 bits per heavy atom. The lowest BCUT2D eigenvalue weighted by molar-refractivity contribution is -0.132. The molecule has 10 heteroatoms. The van der Waals surface area contributed by atoms with Gasteiger partial charge in [0, 0.05) is 56.8 Å². The van der Waals surface area contributed by atoms with Gasteiger partial charge in [-0.3, -0.25) is 9.59 Å². The quantitative estimate of drug-likeness (QED) is 0.460. The predicted molar refractivity (Wildman–Crippen MR) is 158 cm³/mol. The zero-order valence-corrected chi connectivity index (χ0v) is 25.3. The number of nitrogens with zero attached hydrogens (tertiary/aromatic N) is 5. The van der Waals surface area contributed by atoms with Gasteiger partial charge in [0.05, 0.1) is 24.6 Å². The fraction of sp³-hybridized carbons (Fsp3) is 0.594. The molecule has 226 valence electrons. The lowest BCUT2D eigenvalue weighted by Gasteiger charge is -2.39. The molecule has 2 aromatic rings. The Morgan fingerprint density at radius 3 is 2.17 bits per heavy atom. The van der Waals surface area contributed by atoms with Gasteiger partial charge in [-0.2, -0.15) is 0 Å². The zero-order valence-electron chi connectivity index (χ0n) is 25.3. The highest BCUT2D eigenvalue weighted by Gasteiger charge is 2.40. The Hall–Kier alpha value is -3.53. The van der Waals surface area contributed by atoms with Crippen molar-refractivity contribution in [3.8, 4) is 11.4 Å². The number of hydrogen-bond acceptors (Lipinski definition) is 7. The molecule has 1 atom stereocenters. The number of hydrogen-bond donors (Lipinski definition) is 0. The molecule has 0 N–H and O–H groups in total. The number of benzene rings is 1. The van der Waals surface area contributed by atoms with Crippen molar-refractivity contribution >= 4 is 17.9 Å². The van der Waals surface area contributed by atoms with Gasteiger partial charge in [-0.1, -0.05) is 24.3 Å². The van der Waals surface area contributed by atoms with Crippen molar-refractivity contribution in [2.75, 3.05) is 33.4 Å². The summed E-state index contributed by atoms with van der Waals surface area (Å²) >= 11 is 0. The van der Waals surface area contributed by atoms with E-state index in [1.165, 1.54) is 0 Å². The maximum Gasteiger partial charge on any atom is 0.410 e. The minimum atomic E-state index is -0.529. The molecule has 0 radical (unpaired) electrons. The fourth-order valence-corrected chi connectivity index (χ4v) is 5.95. The largest absolute Gasteiger partial charge is 0.444 e. The number of amides is 3. The van der Waals surface area contributed by atoms with E-state index in [0.717, 1.165) is 56.2 Å². The van der Waals surface area contributed by atoms with Gasteiger partial charge in [0.1, 0.15) is 5.60 Å². The van der Waals surface area contributed by atoms with E-state index < -0.39 is 5.60 Å². The van der Waals surface area contributed by atoms with Crippen LogP contribution in [0, 0.1) is 0 Å². The Kier molecular flexibility index (Phi) is 9.11. The molecule has 0 bridgehead atoms. The molecular formula is C32H43N5O5. The Balaban J connectivity index is 1.18. The van der Waals surface area contributed by atoms with E-state index in [2.05, 4.69) is 9.97 Å². The van der Waals surface area contributed by atoms with Crippen LogP contribution in [0.4, 0.5) is 4.79 Å². The SMILES string of the molecule is COC[C@@H]1CCCN1C(=O)Cc1ccc(-c2ncc(C(=O)N(C3CC3)C3CCN(C(=O)OC(C)(C)C)CC3)cn2)cc1. The highest BCUT2D eigenvalue weighted by molar-refractivity contribution is 5.94. The van der Waals surface area contributed by atoms with Crippen LogP contribution in [0.5, 0.6) is 0 Å². The van der Waals surface area contributed by atoms with Crippen LogP contribution in [-0.2, 0) is 20.7 Å². The van der Waals surface area contributed by atoms with Gasteiger partial charge in [-0.25, -0.2) is 14.8 Å². The summed E-state index contributed by atoms with van der Waals surface area (Å²) in [7, 11) is 1.67. The minimum absolute atomic E-state index is 0.0534. The van der Waals surface area contributed by atoms with Gasteiger partial charge in [-0.05, 0) is 64.9 Å². The Morgan fingerprint density at radius 1 is 0.929 bits per heavy atom. The highest BCUT2D eigenvalue weighted by atomic mass is 16.6. The molecule has 1 aromatic carbocycles. The standard InChI is InChI=1S/C32H43N5O5/c1-32(2,3)42-31(40)35-16-13-26(14-17-35)37(25-11-12-25)30(39)24-19-33-29(34-20-24)23-9-7-22(8-10-23)18-28(38)36-15-5-6-27(36)21-41-4/h7-10,19-20,25-27H,5-6,11-18,21H2,1-4H3/t27-/m0/s1. The van der Waals surface area contributed by atoms with Gasteiger partial charge in [-0.15, -0.1) is 0 Å². The molecule has 3 fully saturated rings. The van der Waals surface area contributed by atoms with Gasteiger partial charge in [0.2, 0.25) is 5.91 Å². The Labute approximate surface area is 248 Å². The number of methoxy groups -OCH3 is 1. The molecule has 5 rings (SSSR count). The molecule has 3 amide bonds. The van der Waals surface area contributed by atoms with E-state index in [1.807, 2.05) is 54.8 Å². The summed E-state index contributed by atoms with van der Waals surface area (Å²) in [5.41, 5.74) is 1.71. The van der Waals surface area contributed by atoms with E-state index >= 15 is 0 Å². The van der Waals surface area contributed by atoms with E-state index in [1.54, 1.807) is 24.4 Å². The summed E-state index contributed by atoms with van der Waals surface area (Å²) in [6.07, 6.45) is 8.71. The van der Waals surface area contributed by atoms with Crippen LogP contribution in [0.15, 0.2) is 36.7 Å². The van der Waals surface area contributed by atoms with Gasteiger partial charge in [0.15, 0.2) is 5.82 Å². The first-order valence-corrected chi connectivity index (χ1v) is 15.1.